The Kier molecular flexibility index (Phi) is 9.35. The average molecular weight is 477 g/mol. The molecule has 4 nitrogen and oxygen atoms in total. The maximum absolute atomic E-state index is 11.9. The van der Waals surface area contributed by atoms with Crippen molar-refractivity contribution in [2.75, 3.05) is 5.33 Å². The summed E-state index contributed by atoms with van der Waals surface area (Å²) in [5.74, 6) is 0.304. The fourth-order valence-corrected chi connectivity index (χ4v) is 4.58. The molecule has 164 valence electrons. The first-order valence-corrected chi connectivity index (χ1v) is 11.8. The van der Waals surface area contributed by atoms with E-state index >= 15 is 0 Å². The van der Waals surface area contributed by atoms with Crippen LogP contribution in [0.1, 0.15) is 76.8 Å². The molecule has 0 N–H and O–H groups in total. The number of rotatable bonds is 9. The number of hydrogen-bond donors (Lipinski definition) is 0. The highest BCUT2D eigenvalue weighted by Gasteiger charge is 2.32. The quantitative estimate of drug-likeness (QED) is 0.131. The molecule has 0 fully saturated rings. The molecule has 0 amide bonds. The summed E-state index contributed by atoms with van der Waals surface area (Å²) in [6.45, 7) is 11.2. The Labute approximate surface area is 188 Å². The Morgan fingerprint density at radius 2 is 1.70 bits per heavy atom. The number of benzene rings is 1. The maximum Gasteiger partial charge on any atom is 0.308 e. The zero-order valence-electron chi connectivity index (χ0n) is 18.6. The van der Waals surface area contributed by atoms with Crippen molar-refractivity contribution in [3.8, 4) is 11.5 Å². The van der Waals surface area contributed by atoms with Gasteiger partial charge < -0.3 is 9.47 Å². The van der Waals surface area contributed by atoms with Gasteiger partial charge >= 0.3 is 11.9 Å². The van der Waals surface area contributed by atoms with Gasteiger partial charge in [-0.25, -0.2) is 0 Å². The van der Waals surface area contributed by atoms with Crippen LogP contribution >= 0.6 is 15.9 Å². The van der Waals surface area contributed by atoms with Crippen molar-refractivity contribution >= 4 is 27.9 Å². The van der Waals surface area contributed by atoms with Crippen LogP contribution in [-0.4, -0.2) is 17.3 Å². The Morgan fingerprint density at radius 1 is 1.10 bits per heavy atom. The summed E-state index contributed by atoms with van der Waals surface area (Å²) in [5, 5.41) is 0.785. The van der Waals surface area contributed by atoms with Crippen LogP contribution in [0.15, 0.2) is 35.9 Å². The van der Waals surface area contributed by atoms with Crippen LogP contribution in [0.4, 0.5) is 0 Å². The van der Waals surface area contributed by atoms with Crippen LogP contribution in [0.3, 0.4) is 0 Å². The van der Waals surface area contributed by atoms with Gasteiger partial charge in [0.25, 0.3) is 0 Å². The molecule has 0 aromatic heterocycles. The number of halogens is 1. The molecule has 0 saturated heterocycles. The minimum Gasteiger partial charge on any atom is -0.426 e. The third-order valence-corrected chi connectivity index (χ3v) is 6.22. The molecule has 30 heavy (non-hydrogen) atoms. The number of hydrogen-bond acceptors (Lipinski definition) is 4. The molecular weight excluding hydrogens is 444 g/mol. The summed E-state index contributed by atoms with van der Waals surface area (Å²) in [7, 11) is 0. The van der Waals surface area contributed by atoms with Gasteiger partial charge in [0, 0.05) is 30.7 Å². The van der Waals surface area contributed by atoms with Crippen molar-refractivity contribution in [1.82, 2.24) is 0 Å². The lowest BCUT2D eigenvalue weighted by Gasteiger charge is -2.33. The third-order valence-electron chi connectivity index (χ3n) is 5.50. The van der Waals surface area contributed by atoms with Gasteiger partial charge in [-0.1, -0.05) is 59.5 Å². The Hall–Kier alpha value is -1.88. The summed E-state index contributed by atoms with van der Waals surface area (Å²) in [6.07, 6.45) is 8.26. The molecule has 2 rings (SSSR count). The van der Waals surface area contributed by atoms with Crippen LogP contribution in [-0.2, 0) is 16.0 Å². The second kappa shape index (κ2) is 11.5. The van der Waals surface area contributed by atoms with Gasteiger partial charge in [0.05, 0.1) is 0 Å². The number of allylic oxidation sites excluding steroid dienone is 3. The van der Waals surface area contributed by atoms with E-state index in [1.807, 2.05) is 19.1 Å². The predicted molar refractivity (Wildman–Crippen MR) is 124 cm³/mol. The lowest BCUT2D eigenvalue weighted by molar-refractivity contribution is -0.132. The molecule has 0 aliphatic heterocycles. The summed E-state index contributed by atoms with van der Waals surface area (Å²) >= 11 is 3.57. The molecule has 1 aromatic rings. The first-order valence-electron chi connectivity index (χ1n) is 10.7. The van der Waals surface area contributed by atoms with E-state index in [2.05, 4.69) is 35.5 Å². The van der Waals surface area contributed by atoms with Gasteiger partial charge in [0.15, 0.2) is 0 Å². The average Bonchev–Trinajstić information content (AvgIpc) is 2.66. The minimum absolute atomic E-state index is 0.0720. The molecular formula is C25H33BrO4. The van der Waals surface area contributed by atoms with Gasteiger partial charge in [0.1, 0.15) is 11.5 Å². The molecule has 1 aromatic carbocycles. The highest BCUT2D eigenvalue weighted by Crippen LogP contribution is 2.47. The Balaban J connectivity index is 2.66. The second-order valence-electron chi connectivity index (χ2n) is 8.13. The van der Waals surface area contributed by atoms with E-state index in [-0.39, 0.29) is 23.8 Å². The van der Waals surface area contributed by atoms with Crippen molar-refractivity contribution in [2.24, 2.45) is 5.92 Å². The number of alkyl halides is 1. The highest BCUT2D eigenvalue weighted by atomic mass is 79.9. The molecule has 1 aliphatic carbocycles. The summed E-state index contributed by atoms with van der Waals surface area (Å²) in [5.41, 5.74) is 4.12. The van der Waals surface area contributed by atoms with Gasteiger partial charge in [-0.3, -0.25) is 9.59 Å². The molecule has 0 saturated carbocycles. The van der Waals surface area contributed by atoms with Crippen molar-refractivity contribution in [2.45, 2.75) is 72.1 Å². The third kappa shape index (κ3) is 6.56. The summed E-state index contributed by atoms with van der Waals surface area (Å²) in [4.78, 5) is 23.8. The largest absolute Gasteiger partial charge is 0.426 e. The first kappa shape index (κ1) is 24.4. The van der Waals surface area contributed by atoms with Gasteiger partial charge in [-0.05, 0) is 56.2 Å². The van der Waals surface area contributed by atoms with E-state index in [0.29, 0.717) is 11.5 Å². The van der Waals surface area contributed by atoms with E-state index < -0.39 is 0 Å². The van der Waals surface area contributed by atoms with Gasteiger partial charge in [-0.15, -0.1) is 0 Å². The number of unbranched alkanes of at least 4 members (excludes halogenated alkanes) is 2. The molecule has 0 spiro atoms. The minimum atomic E-state index is -0.386. The Morgan fingerprint density at radius 3 is 2.17 bits per heavy atom. The van der Waals surface area contributed by atoms with E-state index in [1.165, 1.54) is 19.4 Å². The van der Waals surface area contributed by atoms with Gasteiger partial charge in [-0.2, -0.15) is 0 Å². The zero-order chi connectivity index (χ0) is 22.3. The van der Waals surface area contributed by atoms with Gasteiger partial charge in [0.2, 0.25) is 0 Å². The van der Waals surface area contributed by atoms with Crippen LogP contribution < -0.4 is 9.47 Å². The van der Waals surface area contributed by atoms with Crippen molar-refractivity contribution < 1.29 is 19.1 Å². The topological polar surface area (TPSA) is 52.6 Å². The maximum atomic E-state index is 11.9. The SMILES string of the molecule is C=C(C)[C@@H]1CCC(CBr)=C[C@H]1c1c(OC(C)=O)cc(CCCCC)cc1OC(C)=O. The predicted octanol–water partition coefficient (Wildman–Crippen LogP) is 6.66. The fourth-order valence-electron chi connectivity index (χ4n) is 4.11. The number of aryl methyl sites for hydroxylation is 1. The van der Waals surface area contributed by atoms with Crippen molar-refractivity contribution in [1.29, 1.82) is 0 Å². The Bertz CT molecular complexity index is 787. The number of ether oxygens (including phenoxy) is 2. The van der Waals surface area contributed by atoms with Crippen LogP contribution in [0, 0.1) is 5.92 Å². The molecule has 0 unspecified atom stereocenters. The zero-order valence-corrected chi connectivity index (χ0v) is 20.1. The summed E-state index contributed by atoms with van der Waals surface area (Å²) in [6, 6.07) is 3.87. The molecule has 0 radical (unpaired) electrons. The number of esters is 2. The molecule has 5 heteroatoms. The monoisotopic (exact) mass is 476 g/mol. The number of carbonyl (C=O) groups is 2. The van der Waals surface area contributed by atoms with Crippen molar-refractivity contribution in [3.05, 3.63) is 47.1 Å². The standard InChI is InChI=1S/C25H33BrO4/c1-6-7-8-9-19-13-23(29-17(4)27)25(24(14-19)30-18(5)28)22-12-20(15-26)10-11-21(22)16(2)3/h12-14,21-22H,2,6-11,15H2,1,3-5H3/t21-,22+/m0/s1. The lowest BCUT2D eigenvalue weighted by atomic mass is 9.73. The van der Waals surface area contributed by atoms with Crippen molar-refractivity contribution in [3.63, 3.8) is 0 Å². The highest BCUT2D eigenvalue weighted by molar-refractivity contribution is 9.09. The lowest BCUT2D eigenvalue weighted by Crippen LogP contribution is -2.21. The number of carbonyl (C=O) groups excluding carboxylic acids is 2. The fraction of sp³-hybridized carbons (Fsp3) is 0.520. The van der Waals surface area contributed by atoms with E-state index in [1.54, 1.807) is 0 Å². The summed E-state index contributed by atoms with van der Waals surface area (Å²) < 4.78 is 11.3. The van der Waals surface area contributed by atoms with Crippen LogP contribution in [0.5, 0.6) is 11.5 Å². The second-order valence-corrected chi connectivity index (χ2v) is 8.69. The van der Waals surface area contributed by atoms with Crippen LogP contribution in [0.25, 0.3) is 0 Å². The first-order chi connectivity index (χ1) is 14.3. The molecule has 0 bridgehead atoms. The smallest absolute Gasteiger partial charge is 0.308 e. The van der Waals surface area contributed by atoms with Crippen LogP contribution in [0.2, 0.25) is 0 Å². The van der Waals surface area contributed by atoms with E-state index in [9.17, 15) is 9.59 Å². The van der Waals surface area contributed by atoms with E-state index in [4.69, 9.17) is 9.47 Å². The van der Waals surface area contributed by atoms with E-state index in [0.717, 1.165) is 60.6 Å². The molecule has 2 atom stereocenters. The normalized spacial score (nSPS) is 18.5. The molecule has 1 aliphatic rings. The molecule has 0 heterocycles.